The summed E-state index contributed by atoms with van der Waals surface area (Å²) < 4.78 is 0. The Labute approximate surface area is 93.9 Å². The second-order valence-electron chi connectivity index (χ2n) is 4.16. The molecule has 1 N–H and O–H groups in total. The summed E-state index contributed by atoms with van der Waals surface area (Å²) in [5.41, 5.74) is 0. The van der Waals surface area contributed by atoms with E-state index in [4.69, 9.17) is 4.84 Å². The minimum absolute atomic E-state index is 0.0831. The van der Waals surface area contributed by atoms with Gasteiger partial charge in [-0.25, -0.2) is 5.06 Å². The number of hydrogen-bond donors (Lipinski definition) is 1. The van der Waals surface area contributed by atoms with Gasteiger partial charge < -0.3 is 0 Å². The van der Waals surface area contributed by atoms with Gasteiger partial charge in [-0.3, -0.25) is 14.7 Å². The molecule has 4 nitrogen and oxygen atoms in total. The Kier molecular flexibility index (Phi) is 5.51. The lowest BCUT2D eigenvalue weighted by molar-refractivity contribution is -0.169. The Balaban J connectivity index is 2.26. The summed E-state index contributed by atoms with van der Waals surface area (Å²) in [5.74, 6) is 0.615. The van der Waals surface area contributed by atoms with Gasteiger partial charge in [0.2, 0.25) is 5.91 Å². The predicted octanol–water partition coefficient (Wildman–Crippen LogP) is 1.33. The summed E-state index contributed by atoms with van der Waals surface area (Å²) in [6.45, 7) is 0. The van der Waals surface area contributed by atoms with Crippen molar-refractivity contribution in [3.8, 4) is 0 Å². The molecule has 1 atom stereocenters. The van der Waals surface area contributed by atoms with Gasteiger partial charge in [0.05, 0.1) is 7.11 Å². The van der Waals surface area contributed by atoms with Crippen LogP contribution >= 0.6 is 9.39 Å². The molecule has 0 bridgehead atoms. The molecule has 88 valence electrons. The van der Waals surface area contributed by atoms with Gasteiger partial charge in [-0.05, 0) is 31.6 Å². The smallest absolute Gasteiger partial charge is 0.246 e. The van der Waals surface area contributed by atoms with Gasteiger partial charge in [-0.2, -0.15) is 0 Å². The highest BCUT2D eigenvalue weighted by Crippen LogP contribution is 2.27. The van der Waals surface area contributed by atoms with Crippen molar-refractivity contribution < 1.29 is 9.63 Å². The molecule has 0 aromatic heterocycles. The fourth-order valence-electron chi connectivity index (χ4n) is 2.01. The number of carbonyl (C=O) groups is 1. The summed E-state index contributed by atoms with van der Waals surface area (Å²) in [5, 5.41) is 4.53. The van der Waals surface area contributed by atoms with Gasteiger partial charge in [-0.1, -0.05) is 9.39 Å². The monoisotopic (exact) mass is 232 g/mol. The van der Waals surface area contributed by atoms with Crippen molar-refractivity contribution in [3.05, 3.63) is 0 Å². The van der Waals surface area contributed by atoms with Crippen molar-refractivity contribution in [1.82, 2.24) is 10.2 Å². The highest BCUT2D eigenvalue weighted by Gasteiger charge is 2.23. The normalized spacial score (nSPS) is 26.3. The topological polar surface area (TPSA) is 41.6 Å². The molecule has 1 saturated carbocycles. The van der Waals surface area contributed by atoms with Crippen LogP contribution in [0.3, 0.4) is 0 Å². The lowest BCUT2D eigenvalue weighted by Crippen LogP contribution is -2.31. The second-order valence-corrected chi connectivity index (χ2v) is 4.50. The molecule has 0 saturated heterocycles. The van der Waals surface area contributed by atoms with Crippen molar-refractivity contribution in [3.63, 3.8) is 0 Å². The summed E-state index contributed by atoms with van der Waals surface area (Å²) in [6, 6.07) is 0.613. The summed E-state index contributed by atoms with van der Waals surface area (Å²) in [6.07, 6.45) is 5.22. The largest absolute Gasteiger partial charge is 0.298 e. The summed E-state index contributed by atoms with van der Waals surface area (Å²) >= 11 is 0. The number of carbonyl (C=O) groups excluding carboxylic acids is 1. The first-order valence-electron chi connectivity index (χ1n) is 5.44. The number of hydroxylamine groups is 2. The van der Waals surface area contributed by atoms with Crippen LogP contribution in [0.4, 0.5) is 0 Å². The quantitative estimate of drug-likeness (QED) is 0.587. The number of nitrogens with one attached hydrogen (secondary N) is 1. The maximum atomic E-state index is 11.6. The second kappa shape index (κ2) is 6.41. The van der Waals surface area contributed by atoms with Crippen LogP contribution in [0.1, 0.15) is 32.1 Å². The zero-order chi connectivity index (χ0) is 11.3. The molecule has 0 aliphatic heterocycles. The molecule has 1 fully saturated rings. The van der Waals surface area contributed by atoms with Crippen LogP contribution in [0.15, 0.2) is 0 Å². The Hall–Kier alpha value is -0.180. The van der Waals surface area contributed by atoms with E-state index in [0.29, 0.717) is 18.4 Å². The molecule has 1 aliphatic carbocycles. The Morgan fingerprint density at radius 3 is 2.53 bits per heavy atom. The van der Waals surface area contributed by atoms with E-state index in [0.717, 1.165) is 25.7 Å². The minimum atomic E-state index is 0.0831. The van der Waals surface area contributed by atoms with Crippen LogP contribution in [-0.2, 0) is 9.63 Å². The molecule has 0 aromatic rings. The van der Waals surface area contributed by atoms with E-state index in [1.807, 2.05) is 0 Å². The van der Waals surface area contributed by atoms with Crippen molar-refractivity contribution in [2.45, 2.75) is 38.1 Å². The van der Waals surface area contributed by atoms with Gasteiger partial charge in [0.25, 0.3) is 0 Å². The fourth-order valence-corrected chi connectivity index (χ4v) is 2.34. The maximum Gasteiger partial charge on any atom is 0.246 e. The van der Waals surface area contributed by atoms with Gasteiger partial charge in [0.1, 0.15) is 0 Å². The molecule has 15 heavy (non-hydrogen) atoms. The Morgan fingerprint density at radius 2 is 2.07 bits per heavy atom. The summed E-state index contributed by atoms with van der Waals surface area (Å²) in [7, 11) is 5.76. The lowest BCUT2D eigenvalue weighted by atomic mass is 9.84. The highest BCUT2D eigenvalue weighted by atomic mass is 31.0. The van der Waals surface area contributed by atoms with E-state index in [-0.39, 0.29) is 5.91 Å². The van der Waals surface area contributed by atoms with Crippen LogP contribution in [0.2, 0.25) is 0 Å². The number of nitrogens with zero attached hydrogens (tertiary/aromatic N) is 1. The molecule has 0 spiro atoms. The molecule has 1 aliphatic rings. The molecule has 1 unspecified atom stereocenters. The standard InChI is InChI=1S/C10H21N2O2P/c1-12(14-2)10(13)7-8-3-5-9(11-15)6-4-8/h8-9,11H,3-7,15H2,1-2H3. The van der Waals surface area contributed by atoms with Gasteiger partial charge >= 0.3 is 0 Å². The zero-order valence-corrected chi connectivity index (χ0v) is 10.7. The van der Waals surface area contributed by atoms with Gasteiger partial charge in [-0.15, -0.1) is 0 Å². The molecule has 5 heteroatoms. The Bertz CT molecular complexity index is 206. The van der Waals surface area contributed by atoms with E-state index in [9.17, 15) is 4.79 Å². The molecule has 1 rings (SSSR count). The van der Waals surface area contributed by atoms with Crippen molar-refractivity contribution in [2.75, 3.05) is 14.2 Å². The first-order valence-corrected chi connectivity index (χ1v) is 6.02. The van der Waals surface area contributed by atoms with E-state index in [2.05, 4.69) is 14.5 Å². The molecule has 1 amide bonds. The number of rotatable bonds is 4. The van der Waals surface area contributed by atoms with Crippen molar-refractivity contribution in [1.29, 1.82) is 0 Å². The fraction of sp³-hybridized carbons (Fsp3) is 0.900. The first kappa shape index (κ1) is 12.9. The third-order valence-corrected chi connectivity index (χ3v) is 3.64. The van der Waals surface area contributed by atoms with Crippen molar-refractivity contribution >= 4 is 15.3 Å². The Morgan fingerprint density at radius 1 is 1.47 bits per heavy atom. The van der Waals surface area contributed by atoms with E-state index >= 15 is 0 Å². The average molecular weight is 232 g/mol. The van der Waals surface area contributed by atoms with Gasteiger partial charge in [0, 0.05) is 19.5 Å². The van der Waals surface area contributed by atoms with E-state index in [1.165, 1.54) is 12.2 Å². The number of amides is 1. The molecule has 0 aromatic carbocycles. The van der Waals surface area contributed by atoms with Crippen LogP contribution in [-0.4, -0.2) is 31.2 Å². The third-order valence-electron chi connectivity index (χ3n) is 3.17. The summed E-state index contributed by atoms with van der Waals surface area (Å²) in [4.78, 5) is 16.4. The van der Waals surface area contributed by atoms with Crippen molar-refractivity contribution in [2.24, 2.45) is 5.92 Å². The van der Waals surface area contributed by atoms with E-state index < -0.39 is 0 Å². The first-order chi connectivity index (χ1) is 7.17. The predicted molar refractivity (Wildman–Crippen MR) is 63.0 cm³/mol. The average Bonchev–Trinajstić information content (AvgIpc) is 2.29. The highest BCUT2D eigenvalue weighted by molar-refractivity contribution is 7.13. The molecule has 0 radical (unpaired) electrons. The third kappa shape index (κ3) is 4.06. The van der Waals surface area contributed by atoms with Crippen LogP contribution in [0.25, 0.3) is 0 Å². The van der Waals surface area contributed by atoms with Gasteiger partial charge in [0.15, 0.2) is 0 Å². The molecular weight excluding hydrogens is 211 g/mol. The zero-order valence-electron chi connectivity index (χ0n) is 9.53. The van der Waals surface area contributed by atoms with Crippen LogP contribution < -0.4 is 5.09 Å². The van der Waals surface area contributed by atoms with E-state index in [1.54, 1.807) is 7.05 Å². The molecule has 0 heterocycles. The maximum absolute atomic E-state index is 11.6. The van der Waals surface area contributed by atoms with Crippen LogP contribution in [0, 0.1) is 5.92 Å². The number of hydrogen-bond acceptors (Lipinski definition) is 3. The SMILES string of the molecule is CON(C)C(=O)CC1CCC(NP)CC1. The van der Waals surface area contributed by atoms with Crippen LogP contribution in [0.5, 0.6) is 0 Å². The minimum Gasteiger partial charge on any atom is -0.298 e. The lowest BCUT2D eigenvalue weighted by Gasteiger charge is -2.28. The molecular formula is C10H21N2O2P.